The summed E-state index contributed by atoms with van der Waals surface area (Å²) in [6.45, 7) is 4.05. The second-order valence-electron chi connectivity index (χ2n) is 6.21. The fourth-order valence-electron chi connectivity index (χ4n) is 2.42. The van der Waals surface area contributed by atoms with Gasteiger partial charge in [0.2, 0.25) is 10.0 Å². The minimum absolute atomic E-state index is 0.0328. The summed E-state index contributed by atoms with van der Waals surface area (Å²) in [5.74, 6) is 1.15. The molecule has 0 radical (unpaired) electrons. The largest absolute Gasteiger partial charge is 0.357 e. The second kappa shape index (κ2) is 9.99. The van der Waals surface area contributed by atoms with Gasteiger partial charge in [0.25, 0.3) is 0 Å². The van der Waals surface area contributed by atoms with Crippen LogP contribution in [0.4, 0.5) is 0 Å². The fraction of sp³-hybridized carbons (Fsp3) is 0.588. The van der Waals surface area contributed by atoms with Crippen LogP contribution in [0.15, 0.2) is 29.3 Å². The number of nitrogens with zero attached hydrogens (tertiary/aromatic N) is 1. The van der Waals surface area contributed by atoms with Crippen LogP contribution in [0.3, 0.4) is 0 Å². The van der Waals surface area contributed by atoms with Crippen molar-refractivity contribution < 1.29 is 8.42 Å². The maximum Gasteiger partial charge on any atom is 0.213 e. The fourth-order valence-corrected chi connectivity index (χ4v) is 3.55. The number of halogens is 1. The summed E-state index contributed by atoms with van der Waals surface area (Å²) in [6.07, 6.45) is 3.47. The molecule has 6 nitrogen and oxygen atoms in total. The number of rotatable bonds is 9. The Morgan fingerprint density at radius 2 is 1.96 bits per heavy atom. The van der Waals surface area contributed by atoms with E-state index in [2.05, 4.69) is 20.3 Å². The highest BCUT2D eigenvalue weighted by Crippen LogP contribution is 2.25. The minimum Gasteiger partial charge on any atom is -0.357 e. The molecule has 0 spiro atoms. The van der Waals surface area contributed by atoms with Gasteiger partial charge < -0.3 is 10.6 Å². The van der Waals surface area contributed by atoms with Crippen molar-refractivity contribution in [1.82, 2.24) is 15.4 Å². The molecule has 0 aliphatic heterocycles. The van der Waals surface area contributed by atoms with Crippen LogP contribution in [0.2, 0.25) is 5.02 Å². The highest BCUT2D eigenvalue weighted by Gasteiger charge is 2.19. The van der Waals surface area contributed by atoms with Gasteiger partial charge in [0.05, 0.1) is 12.3 Å². The Morgan fingerprint density at radius 3 is 2.56 bits per heavy atom. The Balaban J connectivity index is 1.77. The molecule has 1 aromatic rings. The number of sulfonamides is 1. The molecule has 1 fully saturated rings. The van der Waals surface area contributed by atoms with E-state index in [-0.39, 0.29) is 5.75 Å². The quantitative estimate of drug-likeness (QED) is 0.448. The van der Waals surface area contributed by atoms with Gasteiger partial charge in [0, 0.05) is 24.7 Å². The lowest BCUT2D eigenvalue weighted by atomic mass is 9.86. The van der Waals surface area contributed by atoms with E-state index in [0.717, 1.165) is 18.4 Å². The second-order valence-corrected chi connectivity index (χ2v) is 8.58. The Labute approximate surface area is 155 Å². The topological polar surface area (TPSA) is 82.6 Å². The summed E-state index contributed by atoms with van der Waals surface area (Å²) < 4.78 is 26.7. The molecule has 1 saturated carbocycles. The van der Waals surface area contributed by atoms with Crippen LogP contribution in [0.5, 0.6) is 0 Å². The van der Waals surface area contributed by atoms with Crippen molar-refractivity contribution in [2.75, 3.05) is 25.4 Å². The lowest BCUT2D eigenvalue weighted by Gasteiger charge is -2.25. The van der Waals surface area contributed by atoms with Crippen LogP contribution in [-0.4, -0.2) is 39.8 Å². The Kier molecular flexibility index (Phi) is 7.99. The predicted molar refractivity (Wildman–Crippen MR) is 103 cm³/mol. The first kappa shape index (κ1) is 20.0. The van der Waals surface area contributed by atoms with Crippen LogP contribution >= 0.6 is 11.6 Å². The van der Waals surface area contributed by atoms with Crippen molar-refractivity contribution in [3.8, 4) is 0 Å². The van der Waals surface area contributed by atoms with Crippen molar-refractivity contribution in [2.24, 2.45) is 10.9 Å². The summed E-state index contributed by atoms with van der Waals surface area (Å²) >= 11 is 5.87. The highest BCUT2D eigenvalue weighted by molar-refractivity contribution is 7.89. The first-order valence-corrected chi connectivity index (χ1v) is 10.8. The highest BCUT2D eigenvalue weighted by atomic mass is 35.5. The molecule has 0 heterocycles. The normalized spacial score (nSPS) is 15.7. The zero-order valence-corrected chi connectivity index (χ0v) is 16.2. The van der Waals surface area contributed by atoms with E-state index in [4.69, 9.17) is 11.6 Å². The zero-order chi connectivity index (χ0) is 18.1. The molecule has 0 amide bonds. The number of hydrogen-bond donors (Lipinski definition) is 3. The van der Waals surface area contributed by atoms with Crippen LogP contribution in [0.25, 0.3) is 0 Å². The monoisotopic (exact) mass is 386 g/mol. The maximum absolute atomic E-state index is 12.0. The molecule has 2 rings (SSSR count). The third kappa shape index (κ3) is 7.63. The van der Waals surface area contributed by atoms with E-state index in [9.17, 15) is 8.42 Å². The predicted octanol–water partition coefficient (Wildman–Crippen LogP) is 2.11. The minimum atomic E-state index is -3.25. The van der Waals surface area contributed by atoms with Crippen LogP contribution in [0, 0.1) is 5.92 Å². The molecular weight excluding hydrogens is 360 g/mol. The molecule has 1 aliphatic rings. The standard InChI is InChI=1S/C17H27ClN4O2S/c1-2-19-17(21-12-15-6-8-16(18)9-7-15)20-10-11-25(23,24)22-13-14-4-3-5-14/h6-9,14,22H,2-5,10-13H2,1H3,(H2,19,20,21). The van der Waals surface area contributed by atoms with Gasteiger partial charge >= 0.3 is 0 Å². The van der Waals surface area contributed by atoms with Gasteiger partial charge in [-0.15, -0.1) is 0 Å². The zero-order valence-electron chi connectivity index (χ0n) is 14.6. The Morgan fingerprint density at radius 1 is 1.24 bits per heavy atom. The van der Waals surface area contributed by atoms with Gasteiger partial charge in [-0.25, -0.2) is 18.1 Å². The molecule has 140 valence electrons. The lowest BCUT2D eigenvalue weighted by Crippen LogP contribution is -2.42. The van der Waals surface area contributed by atoms with E-state index in [1.54, 1.807) is 0 Å². The summed E-state index contributed by atoms with van der Waals surface area (Å²) in [7, 11) is -3.25. The Bertz CT molecular complexity index is 658. The third-order valence-corrected chi connectivity index (χ3v) is 5.76. The number of aliphatic imine (C=N–C) groups is 1. The first-order valence-electron chi connectivity index (χ1n) is 8.72. The van der Waals surface area contributed by atoms with Crippen LogP contribution in [0.1, 0.15) is 31.7 Å². The van der Waals surface area contributed by atoms with Gasteiger partial charge in [-0.3, -0.25) is 0 Å². The van der Waals surface area contributed by atoms with Gasteiger partial charge in [-0.1, -0.05) is 30.2 Å². The molecule has 1 aliphatic carbocycles. The molecule has 0 saturated heterocycles. The number of guanidine groups is 1. The first-order chi connectivity index (χ1) is 12.0. The maximum atomic E-state index is 12.0. The molecular formula is C17H27ClN4O2S. The van der Waals surface area contributed by atoms with E-state index in [1.807, 2.05) is 31.2 Å². The van der Waals surface area contributed by atoms with Gasteiger partial charge in [0.1, 0.15) is 0 Å². The summed E-state index contributed by atoms with van der Waals surface area (Å²) in [4.78, 5) is 4.47. The van der Waals surface area contributed by atoms with E-state index >= 15 is 0 Å². The third-order valence-electron chi connectivity index (χ3n) is 4.16. The Hall–Kier alpha value is -1.31. The van der Waals surface area contributed by atoms with Gasteiger partial charge in [-0.2, -0.15) is 0 Å². The van der Waals surface area contributed by atoms with Crippen molar-refractivity contribution in [3.05, 3.63) is 34.9 Å². The van der Waals surface area contributed by atoms with Crippen molar-refractivity contribution >= 4 is 27.6 Å². The van der Waals surface area contributed by atoms with E-state index in [0.29, 0.717) is 43.1 Å². The van der Waals surface area contributed by atoms with Crippen LogP contribution < -0.4 is 15.4 Å². The van der Waals surface area contributed by atoms with E-state index in [1.165, 1.54) is 6.42 Å². The van der Waals surface area contributed by atoms with E-state index < -0.39 is 10.0 Å². The molecule has 0 unspecified atom stereocenters. The van der Waals surface area contributed by atoms with Crippen molar-refractivity contribution in [1.29, 1.82) is 0 Å². The summed E-state index contributed by atoms with van der Waals surface area (Å²) in [5, 5.41) is 6.88. The average molecular weight is 387 g/mol. The molecule has 0 aromatic heterocycles. The van der Waals surface area contributed by atoms with Crippen molar-refractivity contribution in [2.45, 2.75) is 32.7 Å². The average Bonchev–Trinajstić information content (AvgIpc) is 2.52. The molecule has 1 aromatic carbocycles. The smallest absolute Gasteiger partial charge is 0.213 e. The van der Waals surface area contributed by atoms with Gasteiger partial charge in [0.15, 0.2) is 5.96 Å². The SMILES string of the molecule is CCNC(=NCc1ccc(Cl)cc1)NCCS(=O)(=O)NCC1CCC1. The molecule has 3 N–H and O–H groups in total. The number of nitrogens with one attached hydrogen (secondary N) is 3. The summed E-state index contributed by atoms with van der Waals surface area (Å²) in [5.41, 5.74) is 1.04. The molecule has 0 atom stereocenters. The molecule has 0 bridgehead atoms. The van der Waals surface area contributed by atoms with Crippen LogP contribution in [-0.2, 0) is 16.6 Å². The number of benzene rings is 1. The molecule has 25 heavy (non-hydrogen) atoms. The lowest BCUT2D eigenvalue weighted by molar-refractivity contribution is 0.316. The number of hydrogen-bond acceptors (Lipinski definition) is 3. The van der Waals surface area contributed by atoms with Crippen molar-refractivity contribution in [3.63, 3.8) is 0 Å². The van der Waals surface area contributed by atoms with Gasteiger partial charge in [-0.05, 0) is 43.4 Å². The summed E-state index contributed by atoms with van der Waals surface area (Å²) in [6, 6.07) is 7.49. The molecule has 8 heteroatoms.